The summed E-state index contributed by atoms with van der Waals surface area (Å²) in [5.74, 6) is -1.56. The zero-order chi connectivity index (χ0) is 17.0. The molecule has 0 aliphatic rings. The number of nitro benzene ring substituents is 1. The summed E-state index contributed by atoms with van der Waals surface area (Å²) < 4.78 is 41.4. The second kappa shape index (κ2) is 6.76. The average Bonchev–Trinajstić information content (AvgIpc) is 2.46. The molecule has 0 unspecified atom stereocenters. The lowest BCUT2D eigenvalue weighted by Gasteiger charge is -2.04. The quantitative estimate of drug-likeness (QED) is 0.462. The van der Waals surface area contributed by atoms with Gasteiger partial charge in [0.25, 0.3) is 0 Å². The van der Waals surface area contributed by atoms with Gasteiger partial charge in [-0.3, -0.25) is 10.1 Å². The lowest BCUT2D eigenvalue weighted by molar-refractivity contribution is -0.385. The molecule has 2 aromatic carbocycles. The minimum Gasteiger partial charge on any atom is -0.372 e. The SMILES string of the molecule is O=[N+]([O-])c1ccc(F)cc1OS(=O)(=O)/C=C/c1ccc(Cl)cc1. The molecule has 2 aromatic rings. The molecule has 0 aliphatic carbocycles. The van der Waals surface area contributed by atoms with E-state index < -0.39 is 32.3 Å². The Kier molecular flexibility index (Phi) is 4.97. The van der Waals surface area contributed by atoms with E-state index >= 15 is 0 Å². The molecule has 23 heavy (non-hydrogen) atoms. The lowest BCUT2D eigenvalue weighted by Crippen LogP contribution is -2.07. The van der Waals surface area contributed by atoms with Gasteiger partial charge >= 0.3 is 15.8 Å². The first kappa shape index (κ1) is 16.9. The summed E-state index contributed by atoms with van der Waals surface area (Å²) in [5.41, 5.74) is -0.134. The molecular formula is C14H9ClFNO5S. The molecule has 0 saturated carbocycles. The van der Waals surface area contributed by atoms with Crippen molar-refractivity contribution in [3.8, 4) is 5.75 Å². The van der Waals surface area contributed by atoms with E-state index in [-0.39, 0.29) is 0 Å². The van der Waals surface area contributed by atoms with Crippen molar-refractivity contribution >= 4 is 33.5 Å². The van der Waals surface area contributed by atoms with E-state index in [2.05, 4.69) is 4.18 Å². The van der Waals surface area contributed by atoms with Crippen molar-refractivity contribution < 1.29 is 21.9 Å². The molecule has 120 valence electrons. The normalized spacial score (nSPS) is 11.6. The molecule has 0 aliphatic heterocycles. The smallest absolute Gasteiger partial charge is 0.332 e. The van der Waals surface area contributed by atoms with Crippen molar-refractivity contribution in [1.82, 2.24) is 0 Å². The predicted octanol–water partition coefficient (Wildman–Crippen LogP) is 3.77. The molecule has 0 aromatic heterocycles. The third-order valence-electron chi connectivity index (χ3n) is 2.62. The summed E-state index contributed by atoms with van der Waals surface area (Å²) in [6.45, 7) is 0. The summed E-state index contributed by atoms with van der Waals surface area (Å²) in [5, 5.41) is 12.0. The molecule has 2 rings (SSSR count). The predicted molar refractivity (Wildman–Crippen MR) is 83.1 cm³/mol. The van der Waals surface area contributed by atoms with Gasteiger partial charge in [-0.1, -0.05) is 23.7 Å². The second-order valence-corrected chi connectivity index (χ2v) is 6.16. The molecule has 0 heterocycles. The number of hydrogen-bond acceptors (Lipinski definition) is 5. The van der Waals surface area contributed by atoms with Crippen LogP contribution in [-0.4, -0.2) is 13.3 Å². The van der Waals surface area contributed by atoms with Crippen LogP contribution in [0.5, 0.6) is 5.75 Å². The Bertz CT molecular complexity index is 865. The molecule has 6 nitrogen and oxygen atoms in total. The Labute approximate surface area is 136 Å². The molecule has 0 spiro atoms. The van der Waals surface area contributed by atoms with Crippen LogP contribution in [0.4, 0.5) is 10.1 Å². The molecule has 0 bridgehead atoms. The van der Waals surface area contributed by atoms with Gasteiger partial charge in [-0.05, 0) is 29.8 Å². The highest BCUT2D eigenvalue weighted by molar-refractivity contribution is 7.90. The van der Waals surface area contributed by atoms with Crippen LogP contribution in [-0.2, 0) is 10.1 Å². The standard InChI is InChI=1S/C14H9ClFNO5S/c15-11-3-1-10(2-4-11)7-8-23(20,21)22-14-9-12(16)5-6-13(14)17(18)19/h1-9H/b8-7+. The minimum atomic E-state index is -4.30. The van der Waals surface area contributed by atoms with Gasteiger partial charge in [0.15, 0.2) is 0 Å². The second-order valence-electron chi connectivity index (χ2n) is 4.30. The molecule has 0 saturated heterocycles. The van der Waals surface area contributed by atoms with Crippen molar-refractivity contribution in [2.75, 3.05) is 0 Å². The van der Waals surface area contributed by atoms with E-state index in [1.807, 2.05) is 0 Å². The van der Waals surface area contributed by atoms with Crippen LogP contribution in [0, 0.1) is 15.9 Å². The fourth-order valence-corrected chi connectivity index (χ4v) is 2.48. The average molecular weight is 358 g/mol. The van der Waals surface area contributed by atoms with Gasteiger partial charge in [0, 0.05) is 17.2 Å². The number of hydrogen-bond donors (Lipinski definition) is 0. The van der Waals surface area contributed by atoms with E-state index in [0.29, 0.717) is 22.1 Å². The summed E-state index contributed by atoms with van der Waals surface area (Å²) in [4.78, 5) is 9.94. The monoisotopic (exact) mass is 357 g/mol. The van der Waals surface area contributed by atoms with Crippen LogP contribution >= 0.6 is 11.6 Å². The molecule has 0 amide bonds. The van der Waals surface area contributed by atoms with E-state index in [0.717, 1.165) is 12.1 Å². The molecular weight excluding hydrogens is 349 g/mol. The van der Waals surface area contributed by atoms with Crippen LogP contribution in [0.2, 0.25) is 5.02 Å². The maximum atomic E-state index is 13.1. The first-order valence-corrected chi connectivity index (χ1v) is 7.94. The number of rotatable bonds is 5. The van der Waals surface area contributed by atoms with Crippen LogP contribution in [0.15, 0.2) is 47.9 Å². The van der Waals surface area contributed by atoms with Gasteiger partial charge in [0.1, 0.15) is 5.82 Å². The Morgan fingerprint density at radius 3 is 2.43 bits per heavy atom. The number of halogens is 2. The first-order valence-electron chi connectivity index (χ1n) is 6.09. The summed E-state index contributed by atoms with van der Waals surface area (Å²) in [6, 6.07) is 8.55. The highest BCUT2D eigenvalue weighted by Crippen LogP contribution is 2.29. The van der Waals surface area contributed by atoms with Crippen molar-refractivity contribution in [3.63, 3.8) is 0 Å². The van der Waals surface area contributed by atoms with Gasteiger partial charge in [0.2, 0.25) is 5.75 Å². The topological polar surface area (TPSA) is 86.5 Å². The fraction of sp³-hybridized carbons (Fsp3) is 0. The Morgan fingerprint density at radius 2 is 1.83 bits per heavy atom. The summed E-state index contributed by atoms with van der Waals surface area (Å²) >= 11 is 5.70. The molecule has 0 atom stereocenters. The summed E-state index contributed by atoms with van der Waals surface area (Å²) in [7, 11) is -4.30. The summed E-state index contributed by atoms with van der Waals surface area (Å²) in [6.07, 6.45) is 1.22. The van der Waals surface area contributed by atoms with Crippen molar-refractivity contribution in [1.29, 1.82) is 0 Å². The van der Waals surface area contributed by atoms with Crippen LogP contribution in [0.1, 0.15) is 5.56 Å². The largest absolute Gasteiger partial charge is 0.372 e. The lowest BCUT2D eigenvalue weighted by atomic mass is 10.2. The molecule has 0 radical (unpaired) electrons. The van der Waals surface area contributed by atoms with Crippen LogP contribution in [0.3, 0.4) is 0 Å². The van der Waals surface area contributed by atoms with Crippen LogP contribution in [0.25, 0.3) is 6.08 Å². The maximum absolute atomic E-state index is 13.1. The Morgan fingerprint density at radius 1 is 1.17 bits per heavy atom. The Hall–Kier alpha value is -2.45. The van der Waals surface area contributed by atoms with Crippen molar-refractivity contribution in [2.45, 2.75) is 0 Å². The third kappa shape index (κ3) is 4.76. The van der Waals surface area contributed by atoms with Crippen molar-refractivity contribution in [3.05, 3.63) is 74.4 Å². The fourth-order valence-electron chi connectivity index (χ4n) is 1.59. The van der Waals surface area contributed by atoms with Gasteiger partial charge in [0.05, 0.1) is 10.3 Å². The molecule has 9 heteroatoms. The third-order valence-corrected chi connectivity index (χ3v) is 3.75. The van der Waals surface area contributed by atoms with E-state index in [1.165, 1.54) is 6.08 Å². The van der Waals surface area contributed by atoms with E-state index in [9.17, 15) is 22.9 Å². The number of nitro groups is 1. The van der Waals surface area contributed by atoms with Crippen LogP contribution < -0.4 is 4.18 Å². The van der Waals surface area contributed by atoms with Gasteiger partial charge in [-0.2, -0.15) is 8.42 Å². The maximum Gasteiger partial charge on any atom is 0.332 e. The highest BCUT2D eigenvalue weighted by atomic mass is 35.5. The molecule has 0 fully saturated rings. The van der Waals surface area contributed by atoms with Gasteiger partial charge in [-0.25, -0.2) is 4.39 Å². The first-order chi connectivity index (χ1) is 10.8. The van der Waals surface area contributed by atoms with Gasteiger partial charge < -0.3 is 4.18 Å². The van der Waals surface area contributed by atoms with Gasteiger partial charge in [-0.15, -0.1) is 0 Å². The number of nitrogens with zero attached hydrogens (tertiary/aromatic N) is 1. The van der Waals surface area contributed by atoms with Crippen molar-refractivity contribution in [2.24, 2.45) is 0 Å². The Balaban J connectivity index is 2.26. The van der Waals surface area contributed by atoms with E-state index in [1.54, 1.807) is 24.3 Å². The zero-order valence-electron chi connectivity index (χ0n) is 11.3. The minimum absolute atomic E-state index is 0.483. The highest BCUT2D eigenvalue weighted by Gasteiger charge is 2.20. The number of benzene rings is 2. The van der Waals surface area contributed by atoms with E-state index in [4.69, 9.17) is 11.6 Å². The molecule has 0 N–H and O–H groups in total. The zero-order valence-corrected chi connectivity index (χ0v) is 12.9.